The summed E-state index contributed by atoms with van der Waals surface area (Å²) in [6, 6.07) is 14.8. The predicted octanol–water partition coefficient (Wildman–Crippen LogP) is 2.70. The SMILES string of the molecule is COc1cccc(C(O)C(=O)N(C)Cc2ccccc2C)c1. The molecule has 0 aliphatic heterocycles. The van der Waals surface area contributed by atoms with Gasteiger partial charge in [-0.1, -0.05) is 36.4 Å². The lowest BCUT2D eigenvalue weighted by Gasteiger charge is -2.22. The number of aliphatic hydroxyl groups excluding tert-OH is 1. The molecule has 0 saturated carbocycles. The van der Waals surface area contributed by atoms with Crippen molar-refractivity contribution in [1.29, 1.82) is 0 Å². The molecule has 0 aliphatic carbocycles. The van der Waals surface area contributed by atoms with E-state index in [2.05, 4.69) is 0 Å². The van der Waals surface area contributed by atoms with Crippen molar-refractivity contribution in [3.63, 3.8) is 0 Å². The van der Waals surface area contributed by atoms with E-state index in [1.54, 1.807) is 38.4 Å². The number of aliphatic hydroxyl groups is 1. The fraction of sp³-hybridized carbons (Fsp3) is 0.278. The van der Waals surface area contributed by atoms with Crippen LogP contribution in [0, 0.1) is 6.92 Å². The largest absolute Gasteiger partial charge is 0.497 e. The maximum absolute atomic E-state index is 12.4. The number of carbonyl (C=O) groups is 1. The summed E-state index contributed by atoms with van der Waals surface area (Å²) in [6.45, 7) is 2.47. The Labute approximate surface area is 131 Å². The lowest BCUT2D eigenvalue weighted by atomic mass is 10.1. The van der Waals surface area contributed by atoms with Gasteiger partial charge in [-0.15, -0.1) is 0 Å². The van der Waals surface area contributed by atoms with E-state index in [0.29, 0.717) is 17.9 Å². The van der Waals surface area contributed by atoms with Gasteiger partial charge in [-0.3, -0.25) is 4.79 Å². The van der Waals surface area contributed by atoms with E-state index in [0.717, 1.165) is 11.1 Å². The molecule has 1 unspecified atom stereocenters. The van der Waals surface area contributed by atoms with Crippen molar-refractivity contribution in [3.8, 4) is 5.75 Å². The fourth-order valence-electron chi connectivity index (χ4n) is 2.28. The van der Waals surface area contributed by atoms with Crippen LogP contribution in [0.15, 0.2) is 48.5 Å². The van der Waals surface area contributed by atoms with Gasteiger partial charge in [-0.05, 0) is 35.7 Å². The Bertz CT molecular complexity index is 654. The Balaban J connectivity index is 2.11. The summed E-state index contributed by atoms with van der Waals surface area (Å²) in [6.07, 6.45) is -1.19. The van der Waals surface area contributed by atoms with Gasteiger partial charge in [0, 0.05) is 13.6 Å². The normalized spacial score (nSPS) is 11.8. The number of carbonyl (C=O) groups excluding carboxylic acids is 1. The van der Waals surface area contributed by atoms with Gasteiger partial charge in [0.1, 0.15) is 5.75 Å². The van der Waals surface area contributed by atoms with Crippen molar-refractivity contribution in [2.75, 3.05) is 14.2 Å². The van der Waals surface area contributed by atoms with Crippen molar-refractivity contribution in [1.82, 2.24) is 4.90 Å². The van der Waals surface area contributed by atoms with Crippen LogP contribution in [0.1, 0.15) is 22.8 Å². The van der Waals surface area contributed by atoms with E-state index in [4.69, 9.17) is 4.74 Å². The molecule has 116 valence electrons. The van der Waals surface area contributed by atoms with E-state index >= 15 is 0 Å². The van der Waals surface area contributed by atoms with E-state index in [1.807, 2.05) is 31.2 Å². The topological polar surface area (TPSA) is 49.8 Å². The molecule has 0 spiro atoms. The molecule has 2 aromatic carbocycles. The molecular formula is C18H21NO3. The van der Waals surface area contributed by atoms with Crippen molar-refractivity contribution in [2.24, 2.45) is 0 Å². The van der Waals surface area contributed by atoms with Crippen LogP contribution >= 0.6 is 0 Å². The predicted molar refractivity (Wildman–Crippen MR) is 85.6 cm³/mol. The summed E-state index contributed by atoms with van der Waals surface area (Å²) in [5.74, 6) is 0.280. The zero-order valence-electron chi connectivity index (χ0n) is 13.1. The molecule has 0 heterocycles. The molecule has 22 heavy (non-hydrogen) atoms. The molecule has 0 radical (unpaired) electrons. The van der Waals surface area contributed by atoms with Crippen LogP contribution in [0.3, 0.4) is 0 Å². The number of hydrogen-bond acceptors (Lipinski definition) is 3. The maximum Gasteiger partial charge on any atom is 0.256 e. The van der Waals surface area contributed by atoms with E-state index in [-0.39, 0.29) is 5.91 Å². The highest BCUT2D eigenvalue weighted by Crippen LogP contribution is 2.21. The lowest BCUT2D eigenvalue weighted by molar-refractivity contribution is -0.139. The summed E-state index contributed by atoms with van der Waals surface area (Å²) < 4.78 is 5.12. The second kappa shape index (κ2) is 7.09. The Morgan fingerprint density at radius 2 is 1.95 bits per heavy atom. The maximum atomic E-state index is 12.4. The molecule has 2 rings (SSSR count). The Morgan fingerprint density at radius 1 is 1.23 bits per heavy atom. The van der Waals surface area contributed by atoms with Gasteiger partial charge < -0.3 is 14.7 Å². The van der Waals surface area contributed by atoms with Crippen LogP contribution in [0.25, 0.3) is 0 Å². The number of ether oxygens (including phenoxy) is 1. The van der Waals surface area contributed by atoms with Crippen LogP contribution in [0.4, 0.5) is 0 Å². The van der Waals surface area contributed by atoms with Crippen molar-refractivity contribution in [2.45, 2.75) is 19.6 Å². The van der Waals surface area contributed by atoms with E-state index in [1.165, 1.54) is 4.90 Å². The number of nitrogens with zero attached hydrogens (tertiary/aromatic N) is 1. The number of methoxy groups -OCH3 is 1. The molecule has 4 heteroatoms. The smallest absolute Gasteiger partial charge is 0.256 e. The Morgan fingerprint density at radius 3 is 2.64 bits per heavy atom. The summed E-state index contributed by atoms with van der Waals surface area (Å²) in [7, 11) is 3.25. The molecular weight excluding hydrogens is 278 g/mol. The van der Waals surface area contributed by atoms with Gasteiger partial charge in [0.15, 0.2) is 6.10 Å². The zero-order valence-corrected chi connectivity index (χ0v) is 13.1. The molecule has 0 fully saturated rings. The van der Waals surface area contributed by atoms with E-state index in [9.17, 15) is 9.90 Å². The average Bonchev–Trinajstić information content (AvgIpc) is 2.55. The summed E-state index contributed by atoms with van der Waals surface area (Å²) in [5.41, 5.74) is 2.72. The average molecular weight is 299 g/mol. The number of benzene rings is 2. The first kappa shape index (κ1) is 16.0. The summed E-state index contributed by atoms with van der Waals surface area (Å²) >= 11 is 0. The van der Waals surface area contributed by atoms with Crippen LogP contribution in [-0.4, -0.2) is 30.1 Å². The van der Waals surface area contributed by atoms with Gasteiger partial charge in [0.25, 0.3) is 5.91 Å². The van der Waals surface area contributed by atoms with E-state index < -0.39 is 6.10 Å². The second-order valence-corrected chi connectivity index (χ2v) is 5.30. The third-order valence-corrected chi connectivity index (χ3v) is 3.69. The molecule has 1 amide bonds. The molecule has 0 saturated heterocycles. The minimum Gasteiger partial charge on any atom is -0.497 e. The number of aryl methyl sites for hydroxylation is 1. The van der Waals surface area contributed by atoms with Crippen molar-refractivity contribution in [3.05, 3.63) is 65.2 Å². The molecule has 4 nitrogen and oxygen atoms in total. The lowest BCUT2D eigenvalue weighted by Crippen LogP contribution is -2.31. The quantitative estimate of drug-likeness (QED) is 0.923. The first-order valence-electron chi connectivity index (χ1n) is 7.14. The summed E-state index contributed by atoms with van der Waals surface area (Å²) in [4.78, 5) is 13.9. The molecule has 2 aromatic rings. The first-order valence-corrected chi connectivity index (χ1v) is 7.14. The highest BCUT2D eigenvalue weighted by atomic mass is 16.5. The van der Waals surface area contributed by atoms with Gasteiger partial charge in [-0.2, -0.15) is 0 Å². The molecule has 0 aliphatic rings. The van der Waals surface area contributed by atoms with Crippen molar-refractivity contribution >= 4 is 5.91 Å². The zero-order chi connectivity index (χ0) is 16.1. The third kappa shape index (κ3) is 3.65. The fourth-order valence-corrected chi connectivity index (χ4v) is 2.28. The molecule has 1 atom stereocenters. The van der Waals surface area contributed by atoms with Crippen LogP contribution in [-0.2, 0) is 11.3 Å². The van der Waals surface area contributed by atoms with Crippen molar-refractivity contribution < 1.29 is 14.6 Å². The van der Waals surface area contributed by atoms with Crippen LogP contribution in [0.5, 0.6) is 5.75 Å². The highest BCUT2D eigenvalue weighted by Gasteiger charge is 2.22. The number of rotatable bonds is 5. The number of hydrogen-bond donors (Lipinski definition) is 1. The van der Waals surface area contributed by atoms with Crippen LogP contribution in [0.2, 0.25) is 0 Å². The molecule has 0 bridgehead atoms. The minimum absolute atomic E-state index is 0.337. The van der Waals surface area contributed by atoms with Gasteiger partial charge in [-0.25, -0.2) is 0 Å². The molecule has 0 aromatic heterocycles. The minimum atomic E-state index is -1.19. The third-order valence-electron chi connectivity index (χ3n) is 3.69. The Kier molecular flexibility index (Phi) is 5.17. The number of likely N-dealkylation sites (N-methyl/N-ethyl adjacent to an activating group) is 1. The standard InChI is InChI=1S/C18H21NO3/c1-13-7-4-5-8-15(13)12-19(2)18(21)17(20)14-9-6-10-16(11-14)22-3/h4-11,17,20H,12H2,1-3H3. The molecule has 1 N–H and O–H groups in total. The van der Waals surface area contributed by atoms with Crippen LogP contribution < -0.4 is 4.74 Å². The van der Waals surface area contributed by atoms with Gasteiger partial charge in [0.05, 0.1) is 7.11 Å². The van der Waals surface area contributed by atoms with Gasteiger partial charge in [0.2, 0.25) is 0 Å². The second-order valence-electron chi connectivity index (χ2n) is 5.30. The highest BCUT2D eigenvalue weighted by molar-refractivity contribution is 5.82. The van der Waals surface area contributed by atoms with Gasteiger partial charge >= 0.3 is 0 Å². The Hall–Kier alpha value is -2.33. The first-order chi connectivity index (χ1) is 10.5. The monoisotopic (exact) mass is 299 g/mol. The number of amides is 1. The summed E-state index contributed by atoms with van der Waals surface area (Å²) in [5, 5.41) is 10.3.